The van der Waals surface area contributed by atoms with Crippen LogP contribution in [0, 0.1) is 5.82 Å². The van der Waals surface area contributed by atoms with Gasteiger partial charge in [-0.2, -0.15) is 0 Å². The molecule has 1 saturated heterocycles. The van der Waals surface area contributed by atoms with E-state index in [1.165, 1.54) is 17.4 Å². The van der Waals surface area contributed by atoms with Crippen LogP contribution in [-0.2, 0) is 9.53 Å². The predicted octanol–water partition coefficient (Wildman–Crippen LogP) is 5.13. The number of rotatable bonds is 7. The van der Waals surface area contributed by atoms with Gasteiger partial charge in [-0.3, -0.25) is 9.69 Å². The van der Waals surface area contributed by atoms with Crippen molar-refractivity contribution < 1.29 is 13.9 Å². The second kappa shape index (κ2) is 9.03. The average molecular weight is 417 g/mol. The third-order valence-electron chi connectivity index (χ3n) is 4.63. The highest BCUT2D eigenvalue weighted by molar-refractivity contribution is 7.99. The quantitative estimate of drug-likeness (QED) is 0.501. The van der Waals surface area contributed by atoms with Crippen molar-refractivity contribution in [1.82, 2.24) is 4.98 Å². The van der Waals surface area contributed by atoms with Crippen LogP contribution in [0.3, 0.4) is 0 Å². The fourth-order valence-corrected chi connectivity index (χ4v) is 5.07. The van der Waals surface area contributed by atoms with Gasteiger partial charge in [0.1, 0.15) is 11.3 Å². The van der Waals surface area contributed by atoms with Crippen molar-refractivity contribution in [2.45, 2.75) is 30.3 Å². The number of thioether (sulfide) groups is 1. The predicted molar refractivity (Wildman–Crippen MR) is 113 cm³/mol. The van der Waals surface area contributed by atoms with Gasteiger partial charge in [0.2, 0.25) is 5.91 Å². The number of carbonyl (C=O) groups is 1. The molecule has 7 heteroatoms. The zero-order chi connectivity index (χ0) is 19.3. The first-order chi connectivity index (χ1) is 13.7. The molecule has 0 aliphatic carbocycles. The van der Waals surface area contributed by atoms with E-state index in [0.717, 1.165) is 29.0 Å². The smallest absolute Gasteiger partial charge is 0.229 e. The molecule has 4 nitrogen and oxygen atoms in total. The maximum absolute atomic E-state index is 14.1. The molecule has 146 valence electrons. The zero-order valence-electron chi connectivity index (χ0n) is 15.3. The Labute approximate surface area is 171 Å². The Morgan fingerprint density at radius 1 is 1.25 bits per heavy atom. The molecule has 1 atom stereocenters. The first-order valence-electron chi connectivity index (χ1n) is 9.35. The van der Waals surface area contributed by atoms with Gasteiger partial charge < -0.3 is 4.74 Å². The molecule has 28 heavy (non-hydrogen) atoms. The summed E-state index contributed by atoms with van der Waals surface area (Å²) in [6, 6.07) is 14.9. The zero-order valence-corrected chi connectivity index (χ0v) is 17.0. The Balaban J connectivity index is 1.50. The molecule has 1 amide bonds. The van der Waals surface area contributed by atoms with Gasteiger partial charge in [0, 0.05) is 23.7 Å². The lowest BCUT2D eigenvalue weighted by Crippen LogP contribution is -2.37. The third kappa shape index (κ3) is 4.54. The molecule has 1 aliphatic heterocycles. The summed E-state index contributed by atoms with van der Waals surface area (Å²) in [5, 5.41) is 0.547. The number of nitrogens with zero attached hydrogens (tertiary/aromatic N) is 2. The molecule has 1 fully saturated rings. The number of anilines is 1. The van der Waals surface area contributed by atoms with Crippen molar-refractivity contribution in [2.24, 2.45) is 0 Å². The highest BCUT2D eigenvalue weighted by Crippen LogP contribution is 2.32. The SMILES string of the molecule is O=C(CCSc1ccccc1)N(CC1CCCO1)c1nc2c(F)cccc2s1. The molecule has 0 bridgehead atoms. The minimum atomic E-state index is -0.357. The summed E-state index contributed by atoms with van der Waals surface area (Å²) in [6.07, 6.45) is 2.35. The van der Waals surface area contributed by atoms with Crippen LogP contribution in [0.1, 0.15) is 19.3 Å². The van der Waals surface area contributed by atoms with Gasteiger partial charge in [-0.15, -0.1) is 11.8 Å². The normalized spacial score (nSPS) is 16.5. The fourth-order valence-electron chi connectivity index (χ4n) is 3.21. The Hall–Kier alpha value is -1.96. The number of thiazole rings is 1. The molecule has 1 aliphatic rings. The van der Waals surface area contributed by atoms with E-state index < -0.39 is 0 Å². The van der Waals surface area contributed by atoms with Crippen LogP contribution in [-0.4, -0.2) is 35.9 Å². The topological polar surface area (TPSA) is 42.4 Å². The maximum Gasteiger partial charge on any atom is 0.229 e. The molecule has 0 saturated carbocycles. The Bertz CT molecular complexity index is 942. The minimum absolute atomic E-state index is 0.00149. The molecule has 0 radical (unpaired) electrons. The summed E-state index contributed by atoms with van der Waals surface area (Å²) in [6.45, 7) is 1.20. The van der Waals surface area contributed by atoms with Crippen molar-refractivity contribution in [3.8, 4) is 0 Å². The number of aromatic nitrogens is 1. The standard InChI is InChI=1S/C21H21FN2O2S2/c22-17-9-4-10-18-20(17)23-21(28-18)24(14-15-6-5-12-26-15)19(25)11-13-27-16-7-2-1-3-8-16/h1-4,7-10,15H,5-6,11-14H2. The van der Waals surface area contributed by atoms with Crippen LogP contribution in [0.4, 0.5) is 9.52 Å². The molecule has 0 N–H and O–H groups in total. The Kier molecular flexibility index (Phi) is 6.24. The lowest BCUT2D eigenvalue weighted by Gasteiger charge is -2.23. The number of hydrogen-bond donors (Lipinski definition) is 0. The molecular weight excluding hydrogens is 395 g/mol. The fraction of sp³-hybridized carbons (Fsp3) is 0.333. The van der Waals surface area contributed by atoms with Gasteiger partial charge in [0.25, 0.3) is 0 Å². The van der Waals surface area contributed by atoms with Crippen LogP contribution in [0.5, 0.6) is 0 Å². The van der Waals surface area contributed by atoms with Crippen molar-refractivity contribution in [3.05, 3.63) is 54.3 Å². The van der Waals surface area contributed by atoms with Gasteiger partial charge >= 0.3 is 0 Å². The van der Waals surface area contributed by atoms with Crippen LogP contribution in [0.2, 0.25) is 0 Å². The number of ether oxygens (including phenoxy) is 1. The van der Waals surface area contributed by atoms with Crippen molar-refractivity contribution >= 4 is 44.4 Å². The van der Waals surface area contributed by atoms with Crippen molar-refractivity contribution in [3.63, 3.8) is 0 Å². The van der Waals surface area contributed by atoms with Crippen molar-refractivity contribution in [2.75, 3.05) is 23.8 Å². The van der Waals surface area contributed by atoms with Crippen LogP contribution >= 0.6 is 23.1 Å². The molecular formula is C21H21FN2O2S2. The number of fused-ring (bicyclic) bond motifs is 1. The lowest BCUT2D eigenvalue weighted by atomic mass is 10.2. The lowest BCUT2D eigenvalue weighted by molar-refractivity contribution is -0.118. The van der Waals surface area contributed by atoms with Gasteiger partial charge in [-0.1, -0.05) is 35.6 Å². The highest BCUT2D eigenvalue weighted by atomic mass is 32.2. The number of hydrogen-bond acceptors (Lipinski definition) is 5. The molecule has 4 rings (SSSR count). The van der Waals surface area contributed by atoms with E-state index in [2.05, 4.69) is 4.98 Å². The van der Waals surface area contributed by atoms with E-state index >= 15 is 0 Å². The van der Waals surface area contributed by atoms with Gasteiger partial charge in [0.15, 0.2) is 5.13 Å². The van der Waals surface area contributed by atoms with Crippen LogP contribution in [0.25, 0.3) is 10.2 Å². The second-order valence-corrected chi connectivity index (χ2v) is 8.81. The number of halogens is 1. The van der Waals surface area contributed by atoms with E-state index in [4.69, 9.17) is 4.74 Å². The first kappa shape index (κ1) is 19.4. The van der Waals surface area contributed by atoms with E-state index in [0.29, 0.717) is 29.4 Å². The van der Waals surface area contributed by atoms with Crippen LogP contribution < -0.4 is 4.90 Å². The second-order valence-electron chi connectivity index (χ2n) is 6.63. The summed E-state index contributed by atoms with van der Waals surface area (Å²) in [7, 11) is 0. The summed E-state index contributed by atoms with van der Waals surface area (Å²) in [5.74, 6) is 0.326. The summed E-state index contributed by atoms with van der Waals surface area (Å²) in [5.41, 5.74) is 0.325. The molecule has 1 aromatic heterocycles. The molecule has 1 unspecified atom stereocenters. The van der Waals surface area contributed by atoms with Crippen LogP contribution in [0.15, 0.2) is 53.4 Å². The van der Waals surface area contributed by atoms with E-state index in [1.807, 2.05) is 36.4 Å². The van der Waals surface area contributed by atoms with Gasteiger partial charge in [0.05, 0.1) is 17.3 Å². The minimum Gasteiger partial charge on any atom is -0.376 e. The van der Waals surface area contributed by atoms with E-state index in [9.17, 15) is 9.18 Å². The molecule has 2 aromatic carbocycles. The monoisotopic (exact) mass is 416 g/mol. The van der Waals surface area contributed by atoms with Gasteiger partial charge in [-0.05, 0) is 37.1 Å². The maximum atomic E-state index is 14.1. The number of para-hydroxylation sites is 1. The largest absolute Gasteiger partial charge is 0.376 e. The first-order valence-corrected chi connectivity index (χ1v) is 11.2. The van der Waals surface area contributed by atoms with Crippen molar-refractivity contribution in [1.29, 1.82) is 0 Å². The summed E-state index contributed by atoms with van der Waals surface area (Å²) in [4.78, 5) is 20.3. The highest BCUT2D eigenvalue weighted by Gasteiger charge is 2.26. The van der Waals surface area contributed by atoms with Gasteiger partial charge in [-0.25, -0.2) is 9.37 Å². The number of carbonyl (C=O) groups excluding carboxylic acids is 1. The Morgan fingerprint density at radius 2 is 2.11 bits per heavy atom. The summed E-state index contributed by atoms with van der Waals surface area (Å²) < 4.78 is 20.6. The molecule has 3 aromatic rings. The molecule has 0 spiro atoms. The Morgan fingerprint density at radius 3 is 2.86 bits per heavy atom. The number of benzene rings is 2. The summed E-state index contributed by atoms with van der Waals surface area (Å²) >= 11 is 3.01. The average Bonchev–Trinajstić information content (AvgIpc) is 3.37. The molecule has 2 heterocycles. The third-order valence-corrected chi connectivity index (χ3v) is 6.69. The van der Waals surface area contributed by atoms with E-state index in [-0.39, 0.29) is 17.8 Å². The van der Waals surface area contributed by atoms with E-state index in [1.54, 1.807) is 22.7 Å². The number of amides is 1.